The van der Waals surface area contributed by atoms with Crippen molar-refractivity contribution in [1.29, 1.82) is 0 Å². The summed E-state index contributed by atoms with van der Waals surface area (Å²) in [7, 11) is 0. The van der Waals surface area contributed by atoms with E-state index in [0.29, 0.717) is 23.7 Å². The number of anilines is 1. The van der Waals surface area contributed by atoms with Crippen LogP contribution in [-0.4, -0.2) is 26.0 Å². The molecule has 22 heavy (non-hydrogen) atoms. The van der Waals surface area contributed by atoms with Crippen LogP contribution in [0.25, 0.3) is 0 Å². The molecule has 5 nitrogen and oxygen atoms in total. The van der Waals surface area contributed by atoms with Crippen LogP contribution < -0.4 is 16.0 Å². The lowest BCUT2D eigenvalue weighted by Gasteiger charge is -2.27. The van der Waals surface area contributed by atoms with Gasteiger partial charge in [-0.1, -0.05) is 53.3 Å². The van der Waals surface area contributed by atoms with Crippen molar-refractivity contribution in [1.82, 2.24) is 15.6 Å². The lowest BCUT2D eigenvalue weighted by Crippen LogP contribution is -2.56. The number of nitrogens with zero attached hydrogens (tertiary/aromatic N) is 1. The van der Waals surface area contributed by atoms with Gasteiger partial charge < -0.3 is 16.0 Å². The number of aromatic nitrogens is 1. The molecular formula is C12H14Cl4N4OS. The van der Waals surface area contributed by atoms with Gasteiger partial charge in [-0.2, -0.15) is 0 Å². The van der Waals surface area contributed by atoms with E-state index in [1.54, 1.807) is 12.1 Å². The fourth-order valence-electron chi connectivity index (χ4n) is 1.39. The fraction of sp³-hybridized carbons (Fsp3) is 0.417. The lowest BCUT2D eigenvalue weighted by atomic mass is 10.3. The molecule has 0 unspecified atom stereocenters. The average molecular weight is 404 g/mol. The minimum Gasteiger partial charge on any atom is -0.339 e. The number of pyridine rings is 1. The summed E-state index contributed by atoms with van der Waals surface area (Å²) in [5.74, 6) is 0.212. The molecule has 1 rings (SSSR count). The van der Waals surface area contributed by atoms with Crippen molar-refractivity contribution >= 4 is 75.5 Å². The zero-order chi connectivity index (χ0) is 16.8. The van der Waals surface area contributed by atoms with Gasteiger partial charge in [0.2, 0.25) is 9.70 Å². The SMILES string of the molecule is CCCC(=O)N[C@@H](NC(=S)Nc1ccc(Cl)cn1)C(Cl)(Cl)Cl. The summed E-state index contributed by atoms with van der Waals surface area (Å²) >= 11 is 28.4. The van der Waals surface area contributed by atoms with Gasteiger partial charge in [-0.25, -0.2) is 4.98 Å². The van der Waals surface area contributed by atoms with E-state index in [4.69, 9.17) is 58.6 Å². The van der Waals surface area contributed by atoms with Crippen LogP contribution in [0.4, 0.5) is 5.82 Å². The van der Waals surface area contributed by atoms with Crippen LogP contribution in [0, 0.1) is 0 Å². The van der Waals surface area contributed by atoms with Gasteiger partial charge in [0.15, 0.2) is 5.11 Å². The van der Waals surface area contributed by atoms with E-state index in [9.17, 15) is 4.79 Å². The third-order valence-electron chi connectivity index (χ3n) is 2.35. The highest BCUT2D eigenvalue weighted by molar-refractivity contribution is 7.80. The zero-order valence-electron chi connectivity index (χ0n) is 11.5. The van der Waals surface area contributed by atoms with Gasteiger partial charge in [-0.05, 0) is 30.8 Å². The summed E-state index contributed by atoms with van der Waals surface area (Å²) < 4.78 is -1.78. The molecule has 0 radical (unpaired) electrons. The van der Waals surface area contributed by atoms with Gasteiger partial charge in [0.05, 0.1) is 5.02 Å². The van der Waals surface area contributed by atoms with Gasteiger partial charge in [0, 0.05) is 12.6 Å². The molecule has 0 fully saturated rings. The van der Waals surface area contributed by atoms with E-state index >= 15 is 0 Å². The summed E-state index contributed by atoms with van der Waals surface area (Å²) in [5.41, 5.74) is 0. The lowest BCUT2D eigenvalue weighted by molar-refractivity contribution is -0.121. The summed E-state index contributed by atoms with van der Waals surface area (Å²) in [4.78, 5) is 15.7. The molecule has 10 heteroatoms. The molecule has 1 aromatic heterocycles. The van der Waals surface area contributed by atoms with Crippen LogP contribution >= 0.6 is 58.6 Å². The van der Waals surface area contributed by atoms with Crippen molar-refractivity contribution < 1.29 is 4.79 Å². The molecule has 1 atom stereocenters. The van der Waals surface area contributed by atoms with Crippen LogP contribution in [0.2, 0.25) is 5.02 Å². The van der Waals surface area contributed by atoms with E-state index in [0.717, 1.165) is 0 Å². The number of rotatable bonds is 5. The van der Waals surface area contributed by atoms with Gasteiger partial charge in [-0.3, -0.25) is 4.79 Å². The molecule has 1 amide bonds. The Morgan fingerprint density at radius 2 is 2.05 bits per heavy atom. The highest BCUT2D eigenvalue weighted by Crippen LogP contribution is 2.29. The normalized spacial score (nSPS) is 12.4. The van der Waals surface area contributed by atoms with Crippen LogP contribution in [0.15, 0.2) is 18.3 Å². The standard InChI is InChI=1S/C12H14Cl4N4OS/c1-2-3-9(21)19-10(12(14,15)16)20-11(22)18-8-5-4-7(13)6-17-8/h4-6,10H,2-3H2,1H3,(H,19,21)(H2,17,18,20,22)/t10-/m0/s1. The van der Waals surface area contributed by atoms with Crippen LogP contribution in [0.5, 0.6) is 0 Å². The maximum atomic E-state index is 11.7. The summed E-state index contributed by atoms with van der Waals surface area (Å²) in [6.45, 7) is 1.87. The number of amides is 1. The van der Waals surface area contributed by atoms with Crippen molar-refractivity contribution in [2.75, 3.05) is 5.32 Å². The van der Waals surface area contributed by atoms with E-state index in [-0.39, 0.29) is 11.0 Å². The molecule has 0 aliphatic heterocycles. The Bertz CT molecular complexity index is 521. The first-order valence-electron chi connectivity index (χ1n) is 6.27. The Morgan fingerprint density at radius 1 is 1.36 bits per heavy atom. The quantitative estimate of drug-likeness (QED) is 0.398. The first-order chi connectivity index (χ1) is 10.2. The van der Waals surface area contributed by atoms with Gasteiger partial charge in [0.25, 0.3) is 0 Å². The maximum absolute atomic E-state index is 11.7. The molecule has 1 heterocycles. The van der Waals surface area contributed by atoms with Gasteiger partial charge >= 0.3 is 0 Å². The summed E-state index contributed by atoms with van der Waals surface area (Å²) in [6.07, 6.45) is 1.47. The molecular weight excluding hydrogens is 390 g/mol. The van der Waals surface area contributed by atoms with Crippen molar-refractivity contribution in [3.63, 3.8) is 0 Å². The second-order valence-corrected chi connectivity index (χ2v) is 7.47. The van der Waals surface area contributed by atoms with Crippen LogP contribution in [0.3, 0.4) is 0 Å². The topological polar surface area (TPSA) is 66.1 Å². The largest absolute Gasteiger partial charge is 0.339 e. The summed E-state index contributed by atoms with van der Waals surface area (Å²) in [6, 6.07) is 3.28. The van der Waals surface area contributed by atoms with Crippen molar-refractivity contribution in [3.05, 3.63) is 23.4 Å². The molecule has 122 valence electrons. The molecule has 0 bridgehead atoms. The van der Waals surface area contributed by atoms with E-state index in [1.807, 2.05) is 6.92 Å². The fourth-order valence-corrected chi connectivity index (χ4v) is 2.05. The van der Waals surface area contributed by atoms with Gasteiger partial charge in [0.1, 0.15) is 12.0 Å². The number of carbonyl (C=O) groups excluding carboxylic acids is 1. The smallest absolute Gasteiger partial charge is 0.228 e. The predicted octanol–water partition coefficient (Wildman–Crippen LogP) is 3.63. The first kappa shape index (κ1) is 19.5. The average Bonchev–Trinajstić information content (AvgIpc) is 2.40. The number of hydrogen-bond acceptors (Lipinski definition) is 3. The molecule has 0 aromatic carbocycles. The molecule has 0 spiro atoms. The number of halogens is 4. The first-order valence-corrected chi connectivity index (χ1v) is 8.19. The second kappa shape index (κ2) is 8.93. The highest BCUT2D eigenvalue weighted by atomic mass is 35.6. The predicted molar refractivity (Wildman–Crippen MR) is 95.7 cm³/mol. The number of carbonyl (C=O) groups is 1. The van der Waals surface area contributed by atoms with E-state index < -0.39 is 9.96 Å². The zero-order valence-corrected chi connectivity index (χ0v) is 15.3. The molecule has 0 saturated heterocycles. The van der Waals surface area contributed by atoms with E-state index in [1.165, 1.54) is 6.20 Å². The Morgan fingerprint density at radius 3 is 2.55 bits per heavy atom. The third kappa shape index (κ3) is 7.15. The molecule has 0 aliphatic rings. The molecule has 1 aromatic rings. The minimum atomic E-state index is -1.78. The monoisotopic (exact) mass is 402 g/mol. The third-order valence-corrected chi connectivity index (χ3v) is 3.45. The van der Waals surface area contributed by atoms with E-state index in [2.05, 4.69) is 20.9 Å². The number of nitrogens with one attached hydrogen (secondary N) is 3. The minimum absolute atomic E-state index is 0.142. The molecule has 0 saturated carbocycles. The Labute approximate surface area is 154 Å². The van der Waals surface area contributed by atoms with Crippen molar-refractivity contribution in [2.45, 2.75) is 29.7 Å². The van der Waals surface area contributed by atoms with Crippen LogP contribution in [0.1, 0.15) is 19.8 Å². The highest BCUT2D eigenvalue weighted by Gasteiger charge is 2.34. The van der Waals surface area contributed by atoms with Crippen molar-refractivity contribution in [3.8, 4) is 0 Å². The Kier molecular flexibility index (Phi) is 7.93. The molecule has 3 N–H and O–H groups in total. The Balaban J connectivity index is 2.66. The van der Waals surface area contributed by atoms with Crippen LogP contribution in [-0.2, 0) is 4.79 Å². The second-order valence-electron chi connectivity index (χ2n) is 4.25. The molecule has 0 aliphatic carbocycles. The number of hydrogen-bond donors (Lipinski definition) is 3. The maximum Gasteiger partial charge on any atom is 0.228 e. The Hall–Kier alpha value is -0.530. The van der Waals surface area contributed by atoms with Crippen molar-refractivity contribution in [2.24, 2.45) is 0 Å². The number of alkyl halides is 3. The summed E-state index contributed by atoms with van der Waals surface area (Å²) in [5, 5.41) is 8.74. The number of thiocarbonyl (C=S) groups is 1. The van der Waals surface area contributed by atoms with Gasteiger partial charge in [-0.15, -0.1) is 0 Å².